The topological polar surface area (TPSA) is 50.1 Å². The van der Waals surface area contributed by atoms with E-state index in [1.165, 1.54) is 3.52 Å². The van der Waals surface area contributed by atoms with E-state index in [2.05, 4.69) is 6.26 Å². The average Bonchev–Trinajstić information content (AvgIpc) is 3.37. The van der Waals surface area contributed by atoms with Crippen LogP contribution in [0.25, 0.3) is 32.0 Å². The molecule has 156 valence electrons. The smallest absolute Gasteiger partial charge is 0.313 e. The molecule has 0 spiro atoms. The quantitative estimate of drug-likeness (QED) is 0.220. The highest BCUT2D eigenvalue weighted by Gasteiger charge is 2.31. The first-order chi connectivity index (χ1) is 14.6. The lowest BCUT2D eigenvalue weighted by Gasteiger charge is -2.09. The molecule has 8 heteroatoms. The molecule has 0 radical (unpaired) electrons. The molecule has 0 atom stereocenters. The molecule has 0 N–H and O–H groups in total. The Labute approximate surface area is 187 Å². The first-order valence-corrected chi connectivity index (χ1v) is 11.9. The van der Waals surface area contributed by atoms with Gasteiger partial charge in [0.25, 0.3) is 0 Å². The van der Waals surface area contributed by atoms with Crippen LogP contribution in [0.1, 0.15) is 0 Å². The van der Waals surface area contributed by atoms with Crippen molar-refractivity contribution >= 4 is 43.8 Å². The number of rotatable bonds is 7. The first kappa shape index (κ1) is 20.8. The summed E-state index contributed by atoms with van der Waals surface area (Å²) in [6.07, 6.45) is 2.08. The van der Waals surface area contributed by atoms with Gasteiger partial charge in [-0.2, -0.15) is 0 Å². The number of ether oxygens (including phenoxy) is 4. The van der Waals surface area contributed by atoms with E-state index >= 15 is 0 Å². The molecule has 0 amide bonds. The maximum Gasteiger partial charge on any atom is 0.313 e. The fourth-order valence-corrected chi connectivity index (χ4v) is 6.46. The number of methoxy groups -OCH3 is 4. The molecule has 0 saturated carbocycles. The van der Waals surface area contributed by atoms with Crippen LogP contribution in [0.2, 0.25) is 0 Å². The van der Waals surface area contributed by atoms with Crippen molar-refractivity contribution in [2.75, 3.05) is 34.7 Å². The number of benzene rings is 2. The van der Waals surface area contributed by atoms with Crippen LogP contribution in [0.3, 0.4) is 0 Å². The molecule has 0 bridgehead atoms. The molecule has 2 aromatic heterocycles. The standard InChI is InChI=1S/C22H21O5S3/c1-23-12-6-8-14(16(10-12)25-3)18-20-21(30-22(28-5)29-20)19(27-18)15-9-7-13(24-2)11-17(15)26-4/h6-11H,1-5H3/q+1. The third-order valence-electron chi connectivity index (χ3n) is 4.67. The molecule has 5 nitrogen and oxygen atoms in total. The molecule has 0 aliphatic rings. The molecule has 0 aliphatic heterocycles. The second kappa shape index (κ2) is 8.75. The number of hydrogen-bond donors (Lipinski definition) is 0. The Morgan fingerprint density at radius 3 is 1.87 bits per heavy atom. The normalized spacial score (nSPS) is 11.0. The van der Waals surface area contributed by atoms with Crippen LogP contribution >= 0.6 is 34.4 Å². The van der Waals surface area contributed by atoms with Gasteiger partial charge in [-0.3, -0.25) is 0 Å². The molecule has 30 heavy (non-hydrogen) atoms. The van der Waals surface area contributed by atoms with E-state index in [9.17, 15) is 0 Å². The Kier molecular flexibility index (Phi) is 6.08. The van der Waals surface area contributed by atoms with Crippen molar-refractivity contribution in [3.63, 3.8) is 0 Å². The zero-order chi connectivity index (χ0) is 21.3. The van der Waals surface area contributed by atoms with Crippen molar-refractivity contribution < 1.29 is 23.4 Å². The highest BCUT2D eigenvalue weighted by atomic mass is 32.2. The van der Waals surface area contributed by atoms with Crippen LogP contribution in [-0.2, 0) is 0 Å². The second-order valence-electron chi connectivity index (χ2n) is 6.21. The zero-order valence-electron chi connectivity index (χ0n) is 17.2. The van der Waals surface area contributed by atoms with E-state index < -0.39 is 0 Å². The minimum atomic E-state index is 0.697. The number of thioether (sulfide) groups is 1. The van der Waals surface area contributed by atoms with Gasteiger partial charge in [0.05, 0.1) is 39.6 Å². The van der Waals surface area contributed by atoms with E-state index in [-0.39, 0.29) is 0 Å². The summed E-state index contributed by atoms with van der Waals surface area (Å²) >= 11 is 5.17. The van der Waals surface area contributed by atoms with Gasteiger partial charge in [0.15, 0.2) is 11.5 Å². The van der Waals surface area contributed by atoms with Gasteiger partial charge in [0.1, 0.15) is 45.7 Å². The minimum absolute atomic E-state index is 0.697. The monoisotopic (exact) mass is 461 g/mol. The van der Waals surface area contributed by atoms with Gasteiger partial charge >= 0.3 is 3.52 Å². The highest BCUT2D eigenvalue weighted by Crippen LogP contribution is 2.52. The van der Waals surface area contributed by atoms with E-state index in [4.69, 9.17) is 23.4 Å². The Morgan fingerprint density at radius 1 is 0.800 bits per heavy atom. The summed E-state index contributed by atoms with van der Waals surface area (Å²) in [6, 6.07) is 11.5. The van der Waals surface area contributed by atoms with Crippen LogP contribution in [-0.4, -0.2) is 34.7 Å². The van der Waals surface area contributed by atoms with E-state index in [1.807, 2.05) is 36.4 Å². The van der Waals surface area contributed by atoms with Crippen molar-refractivity contribution in [1.29, 1.82) is 0 Å². The summed E-state index contributed by atoms with van der Waals surface area (Å²) < 4.78 is 31.9. The first-order valence-electron chi connectivity index (χ1n) is 9.01. The zero-order valence-corrected chi connectivity index (χ0v) is 19.7. The van der Waals surface area contributed by atoms with Gasteiger partial charge in [-0.1, -0.05) is 11.8 Å². The minimum Gasteiger partial charge on any atom is -0.497 e. The molecule has 4 aromatic rings. The van der Waals surface area contributed by atoms with Gasteiger partial charge < -0.3 is 23.4 Å². The lowest BCUT2D eigenvalue weighted by Crippen LogP contribution is -1.90. The van der Waals surface area contributed by atoms with E-state index in [1.54, 1.807) is 62.9 Å². The number of furan rings is 1. The molecule has 0 aliphatic carbocycles. The Balaban J connectivity index is 1.98. The predicted molar refractivity (Wildman–Crippen MR) is 125 cm³/mol. The summed E-state index contributed by atoms with van der Waals surface area (Å²) in [5, 5.41) is 0. The molecule has 4 rings (SSSR count). The summed E-state index contributed by atoms with van der Waals surface area (Å²) in [5.41, 5.74) is 1.76. The van der Waals surface area contributed by atoms with E-state index in [0.29, 0.717) is 11.5 Å². The van der Waals surface area contributed by atoms with Gasteiger partial charge in [0.2, 0.25) is 9.40 Å². The Hall–Kier alpha value is -2.42. The van der Waals surface area contributed by atoms with E-state index in [0.717, 1.165) is 43.5 Å². The summed E-state index contributed by atoms with van der Waals surface area (Å²) in [6.45, 7) is 0. The van der Waals surface area contributed by atoms with Crippen molar-refractivity contribution in [2.24, 2.45) is 0 Å². The lowest BCUT2D eigenvalue weighted by molar-refractivity contribution is 0.394. The number of fused-ring (bicyclic) bond motifs is 1. The molecule has 0 fully saturated rings. The molecule has 2 heterocycles. The van der Waals surface area contributed by atoms with Crippen LogP contribution in [0.15, 0.2) is 44.3 Å². The van der Waals surface area contributed by atoms with Gasteiger partial charge in [-0.25, -0.2) is 0 Å². The third kappa shape index (κ3) is 3.59. The van der Waals surface area contributed by atoms with Crippen LogP contribution < -0.4 is 18.9 Å². The predicted octanol–water partition coefficient (Wildman–Crippen LogP) is 6.93. The van der Waals surface area contributed by atoms with Gasteiger partial charge in [-0.15, -0.1) is 0 Å². The fraction of sp³-hybridized carbons (Fsp3) is 0.227. The van der Waals surface area contributed by atoms with Crippen LogP contribution in [0.4, 0.5) is 0 Å². The second-order valence-corrected chi connectivity index (χ2v) is 9.84. The Morgan fingerprint density at radius 2 is 1.37 bits per heavy atom. The van der Waals surface area contributed by atoms with Crippen LogP contribution in [0, 0.1) is 0 Å². The third-order valence-corrected chi connectivity index (χ3v) is 8.65. The molecular formula is C22H21O5S3+. The summed E-state index contributed by atoms with van der Waals surface area (Å²) in [7, 11) is 6.57. The summed E-state index contributed by atoms with van der Waals surface area (Å²) in [4.78, 5) is 0. The van der Waals surface area contributed by atoms with Gasteiger partial charge in [-0.05, 0) is 30.5 Å². The lowest BCUT2D eigenvalue weighted by atomic mass is 10.1. The van der Waals surface area contributed by atoms with Crippen molar-refractivity contribution in [3.05, 3.63) is 36.4 Å². The van der Waals surface area contributed by atoms with Gasteiger partial charge in [0, 0.05) is 12.1 Å². The average molecular weight is 462 g/mol. The Bertz CT molecular complexity index is 1110. The molecule has 0 unspecified atom stereocenters. The molecular weight excluding hydrogens is 440 g/mol. The fourth-order valence-electron chi connectivity index (χ4n) is 3.18. The van der Waals surface area contributed by atoms with Crippen molar-refractivity contribution in [1.82, 2.24) is 0 Å². The van der Waals surface area contributed by atoms with Crippen molar-refractivity contribution in [2.45, 2.75) is 3.52 Å². The molecule has 2 aromatic carbocycles. The maximum absolute atomic E-state index is 6.48. The maximum atomic E-state index is 6.48. The summed E-state index contributed by atoms with van der Waals surface area (Å²) in [5.74, 6) is 4.41. The number of hydrogen-bond acceptors (Lipinski definition) is 7. The SMILES string of the molecule is COc1ccc(-c2oc(-c3ccc(OC)cc3OC)c3[s+]c(SC)sc23)c(OC)c1. The largest absolute Gasteiger partial charge is 0.497 e. The van der Waals surface area contributed by atoms with Crippen LogP contribution in [0.5, 0.6) is 23.0 Å². The highest BCUT2D eigenvalue weighted by molar-refractivity contribution is 8.02. The molecule has 0 saturated heterocycles. The van der Waals surface area contributed by atoms with Crippen molar-refractivity contribution in [3.8, 4) is 45.6 Å².